The van der Waals surface area contributed by atoms with Gasteiger partial charge in [-0.05, 0) is 12.8 Å². The van der Waals surface area contributed by atoms with Gasteiger partial charge in [0.1, 0.15) is 5.82 Å². The van der Waals surface area contributed by atoms with Gasteiger partial charge in [-0.25, -0.2) is 4.98 Å². The maximum Gasteiger partial charge on any atom is 0.305 e. The highest BCUT2D eigenvalue weighted by Gasteiger charge is 2.38. The largest absolute Gasteiger partial charge is 0.481 e. The Bertz CT molecular complexity index is 506. The zero-order chi connectivity index (χ0) is 13.9. The molecule has 0 radical (unpaired) electrons. The SMILES string of the molecule is CN(c1cc(=O)[nH]cn1)C1(CC(=O)O)CCCCC1. The molecular weight excluding hydrogens is 246 g/mol. The van der Waals surface area contributed by atoms with Gasteiger partial charge >= 0.3 is 5.97 Å². The lowest BCUT2D eigenvalue weighted by atomic mass is 9.78. The van der Waals surface area contributed by atoms with Crippen LogP contribution in [0.15, 0.2) is 17.2 Å². The lowest BCUT2D eigenvalue weighted by Crippen LogP contribution is -2.50. The van der Waals surface area contributed by atoms with Crippen LogP contribution in [-0.2, 0) is 4.79 Å². The van der Waals surface area contributed by atoms with Crippen molar-refractivity contribution in [2.24, 2.45) is 0 Å². The van der Waals surface area contributed by atoms with E-state index in [2.05, 4.69) is 9.97 Å². The Morgan fingerprint density at radius 1 is 1.47 bits per heavy atom. The minimum absolute atomic E-state index is 0.0813. The number of anilines is 1. The van der Waals surface area contributed by atoms with Gasteiger partial charge in [0.25, 0.3) is 5.56 Å². The van der Waals surface area contributed by atoms with E-state index >= 15 is 0 Å². The number of rotatable bonds is 4. The number of nitrogens with one attached hydrogen (secondary N) is 1. The molecule has 1 aromatic heterocycles. The maximum absolute atomic E-state index is 11.4. The number of aliphatic carboxylic acids is 1. The molecule has 1 aliphatic rings. The van der Waals surface area contributed by atoms with Crippen molar-refractivity contribution in [1.29, 1.82) is 0 Å². The molecule has 6 nitrogen and oxygen atoms in total. The maximum atomic E-state index is 11.4. The number of aromatic nitrogens is 2. The van der Waals surface area contributed by atoms with Crippen LogP contribution in [0.25, 0.3) is 0 Å². The zero-order valence-corrected chi connectivity index (χ0v) is 11.1. The Labute approximate surface area is 111 Å². The second-order valence-corrected chi connectivity index (χ2v) is 5.18. The normalized spacial score (nSPS) is 17.9. The molecule has 0 aromatic carbocycles. The van der Waals surface area contributed by atoms with Crippen molar-refractivity contribution in [3.63, 3.8) is 0 Å². The highest BCUT2D eigenvalue weighted by Crippen LogP contribution is 2.37. The Kier molecular flexibility index (Phi) is 3.87. The Morgan fingerprint density at radius 3 is 2.74 bits per heavy atom. The fourth-order valence-corrected chi connectivity index (χ4v) is 2.91. The first kappa shape index (κ1) is 13.6. The molecule has 0 atom stereocenters. The van der Waals surface area contributed by atoms with E-state index in [1.165, 1.54) is 12.4 Å². The van der Waals surface area contributed by atoms with Gasteiger partial charge in [0.05, 0.1) is 18.3 Å². The third kappa shape index (κ3) is 2.94. The smallest absolute Gasteiger partial charge is 0.305 e. The molecule has 0 bridgehead atoms. The van der Waals surface area contributed by atoms with Crippen LogP contribution in [0.2, 0.25) is 0 Å². The van der Waals surface area contributed by atoms with Gasteiger partial charge in [0.15, 0.2) is 0 Å². The summed E-state index contributed by atoms with van der Waals surface area (Å²) in [5, 5.41) is 9.17. The third-order valence-electron chi connectivity index (χ3n) is 3.98. The van der Waals surface area contributed by atoms with Gasteiger partial charge in [0, 0.05) is 13.1 Å². The first-order chi connectivity index (χ1) is 9.03. The van der Waals surface area contributed by atoms with Crippen molar-refractivity contribution in [2.75, 3.05) is 11.9 Å². The first-order valence-electron chi connectivity index (χ1n) is 6.54. The van der Waals surface area contributed by atoms with Crippen molar-refractivity contribution >= 4 is 11.8 Å². The minimum Gasteiger partial charge on any atom is -0.481 e. The molecule has 19 heavy (non-hydrogen) atoms. The van der Waals surface area contributed by atoms with Crippen LogP contribution < -0.4 is 10.5 Å². The Hall–Kier alpha value is -1.85. The fourth-order valence-electron chi connectivity index (χ4n) is 2.91. The topological polar surface area (TPSA) is 86.3 Å². The average Bonchev–Trinajstić information content (AvgIpc) is 2.38. The molecule has 0 amide bonds. The van der Waals surface area contributed by atoms with E-state index in [9.17, 15) is 9.59 Å². The van der Waals surface area contributed by atoms with Gasteiger partial charge in [-0.1, -0.05) is 19.3 Å². The molecule has 0 saturated heterocycles. The number of aromatic amines is 1. The van der Waals surface area contributed by atoms with Crippen LogP contribution >= 0.6 is 0 Å². The molecule has 0 unspecified atom stereocenters. The number of carbonyl (C=O) groups is 1. The summed E-state index contributed by atoms with van der Waals surface area (Å²) >= 11 is 0. The molecule has 2 N–H and O–H groups in total. The van der Waals surface area contributed by atoms with Crippen LogP contribution in [0.5, 0.6) is 0 Å². The highest BCUT2D eigenvalue weighted by atomic mass is 16.4. The van der Waals surface area contributed by atoms with Gasteiger partial charge in [-0.3, -0.25) is 9.59 Å². The van der Waals surface area contributed by atoms with E-state index in [1.807, 2.05) is 11.9 Å². The summed E-state index contributed by atoms with van der Waals surface area (Å²) in [6, 6.07) is 1.41. The van der Waals surface area contributed by atoms with Crippen LogP contribution in [0.3, 0.4) is 0 Å². The summed E-state index contributed by atoms with van der Waals surface area (Å²) in [6.45, 7) is 0. The van der Waals surface area contributed by atoms with E-state index in [1.54, 1.807) is 0 Å². The van der Waals surface area contributed by atoms with E-state index in [-0.39, 0.29) is 12.0 Å². The van der Waals surface area contributed by atoms with Crippen molar-refractivity contribution in [1.82, 2.24) is 9.97 Å². The van der Waals surface area contributed by atoms with Gasteiger partial charge < -0.3 is 15.0 Å². The molecule has 6 heteroatoms. The number of H-pyrrole nitrogens is 1. The average molecular weight is 265 g/mol. The number of hydrogen-bond acceptors (Lipinski definition) is 4. The summed E-state index contributed by atoms with van der Waals surface area (Å²) in [5.74, 6) is -0.273. The van der Waals surface area contributed by atoms with Gasteiger partial charge in [-0.15, -0.1) is 0 Å². The standard InChI is InChI=1S/C13H19N3O3/c1-16(10-7-11(17)15-9-14-10)13(8-12(18)19)5-3-2-4-6-13/h7,9H,2-6,8H2,1H3,(H,18,19)(H,14,15,17). The van der Waals surface area contributed by atoms with Crippen molar-refractivity contribution < 1.29 is 9.90 Å². The van der Waals surface area contributed by atoms with Crippen LogP contribution in [0.4, 0.5) is 5.82 Å². The number of nitrogens with zero attached hydrogens (tertiary/aromatic N) is 2. The summed E-state index contributed by atoms with van der Waals surface area (Å²) < 4.78 is 0. The number of hydrogen-bond donors (Lipinski definition) is 2. The summed E-state index contributed by atoms with van der Waals surface area (Å²) in [6.07, 6.45) is 6.25. The molecule has 2 rings (SSSR count). The molecule has 0 spiro atoms. The molecule has 1 aromatic rings. The number of carboxylic acid groups (broad SMARTS) is 1. The van der Waals surface area contributed by atoms with E-state index in [0.29, 0.717) is 5.82 Å². The number of carboxylic acids is 1. The third-order valence-corrected chi connectivity index (χ3v) is 3.98. The lowest BCUT2D eigenvalue weighted by molar-refractivity contribution is -0.138. The molecule has 104 valence electrons. The van der Waals surface area contributed by atoms with Gasteiger partial charge in [-0.2, -0.15) is 0 Å². The summed E-state index contributed by atoms with van der Waals surface area (Å²) in [5.41, 5.74) is -0.650. The molecule has 1 fully saturated rings. The predicted octanol–water partition coefficient (Wildman–Crippen LogP) is 1.38. The van der Waals surface area contributed by atoms with Crippen LogP contribution in [0.1, 0.15) is 38.5 Å². The van der Waals surface area contributed by atoms with E-state index in [4.69, 9.17) is 5.11 Å². The monoisotopic (exact) mass is 265 g/mol. The van der Waals surface area contributed by atoms with Crippen LogP contribution in [-0.4, -0.2) is 33.6 Å². The highest BCUT2D eigenvalue weighted by molar-refractivity contribution is 5.69. The van der Waals surface area contributed by atoms with Gasteiger partial charge in [0.2, 0.25) is 0 Å². The molecule has 1 heterocycles. The summed E-state index contributed by atoms with van der Waals surface area (Å²) in [7, 11) is 1.83. The van der Waals surface area contributed by atoms with Crippen LogP contribution in [0, 0.1) is 0 Å². The minimum atomic E-state index is -0.807. The molecular formula is C13H19N3O3. The zero-order valence-electron chi connectivity index (χ0n) is 11.1. The second kappa shape index (κ2) is 5.42. The summed E-state index contributed by atoms with van der Waals surface area (Å²) in [4.78, 5) is 31.0. The second-order valence-electron chi connectivity index (χ2n) is 5.18. The molecule has 0 aliphatic heterocycles. The Morgan fingerprint density at radius 2 is 2.16 bits per heavy atom. The van der Waals surface area contributed by atoms with E-state index in [0.717, 1.165) is 32.1 Å². The van der Waals surface area contributed by atoms with Crippen molar-refractivity contribution in [2.45, 2.75) is 44.1 Å². The predicted molar refractivity (Wildman–Crippen MR) is 71.3 cm³/mol. The first-order valence-corrected chi connectivity index (χ1v) is 6.54. The Balaban J connectivity index is 2.31. The lowest BCUT2D eigenvalue weighted by Gasteiger charge is -2.44. The molecule has 1 saturated carbocycles. The van der Waals surface area contributed by atoms with Crippen molar-refractivity contribution in [3.05, 3.63) is 22.7 Å². The fraction of sp³-hybridized carbons (Fsp3) is 0.615. The quantitative estimate of drug-likeness (QED) is 0.859. The van der Waals surface area contributed by atoms with Crippen molar-refractivity contribution in [3.8, 4) is 0 Å². The molecule has 1 aliphatic carbocycles. The van der Waals surface area contributed by atoms with E-state index < -0.39 is 11.5 Å².